The van der Waals surface area contributed by atoms with Crippen LogP contribution in [0.1, 0.15) is 0 Å². The molecule has 0 N–H and O–H groups in total. The van der Waals surface area contributed by atoms with Gasteiger partial charge >= 0.3 is 0 Å². The Kier molecular flexibility index (Phi) is 3.08. The van der Waals surface area contributed by atoms with Gasteiger partial charge in [0.25, 0.3) is 0 Å². The number of rotatable bonds is 3. The number of methoxy groups -OCH3 is 1. The molecule has 0 aliphatic heterocycles. The first-order valence-electron chi connectivity index (χ1n) is 5.80. The molecule has 0 unspecified atom stereocenters. The molecule has 0 saturated heterocycles. The third kappa shape index (κ3) is 2.20. The van der Waals surface area contributed by atoms with Gasteiger partial charge in [-0.3, -0.25) is 0 Å². The van der Waals surface area contributed by atoms with Gasteiger partial charge in [-0.05, 0) is 18.2 Å². The second kappa shape index (κ2) is 5.04. The molecule has 20 heavy (non-hydrogen) atoms. The monoisotopic (exact) mass is 271 g/mol. The number of pyridine rings is 2. The van der Waals surface area contributed by atoms with Crippen LogP contribution in [0.3, 0.4) is 0 Å². The fourth-order valence-corrected chi connectivity index (χ4v) is 1.73. The molecule has 0 radical (unpaired) electrons. The van der Waals surface area contributed by atoms with Crippen LogP contribution in [0.2, 0.25) is 0 Å². The van der Waals surface area contributed by atoms with Gasteiger partial charge < -0.3 is 4.74 Å². The first-order chi connectivity index (χ1) is 9.78. The molecular formula is C13H10FN5O. The Labute approximate surface area is 113 Å². The van der Waals surface area contributed by atoms with Crippen LogP contribution in [0.4, 0.5) is 4.39 Å². The second-order valence-corrected chi connectivity index (χ2v) is 3.92. The van der Waals surface area contributed by atoms with Gasteiger partial charge in [0.05, 0.1) is 25.2 Å². The molecule has 0 aliphatic rings. The zero-order chi connectivity index (χ0) is 13.9. The van der Waals surface area contributed by atoms with E-state index in [0.29, 0.717) is 23.1 Å². The van der Waals surface area contributed by atoms with Crippen molar-refractivity contribution in [2.45, 2.75) is 0 Å². The summed E-state index contributed by atoms with van der Waals surface area (Å²) >= 11 is 0. The second-order valence-electron chi connectivity index (χ2n) is 3.92. The van der Waals surface area contributed by atoms with Crippen molar-refractivity contribution in [2.75, 3.05) is 7.11 Å². The minimum atomic E-state index is -0.397. The number of hydrogen-bond donors (Lipinski definition) is 0. The van der Waals surface area contributed by atoms with Crippen LogP contribution in [0, 0.1) is 5.82 Å². The number of ether oxygens (including phenoxy) is 1. The van der Waals surface area contributed by atoms with Crippen LogP contribution in [-0.4, -0.2) is 31.8 Å². The van der Waals surface area contributed by atoms with Crippen LogP contribution in [0.15, 0.2) is 43.0 Å². The molecule has 3 rings (SSSR count). The number of hydrogen-bond acceptors (Lipinski definition) is 5. The molecule has 3 aromatic rings. The van der Waals surface area contributed by atoms with Crippen molar-refractivity contribution in [1.82, 2.24) is 24.7 Å². The van der Waals surface area contributed by atoms with Crippen LogP contribution in [0.5, 0.6) is 5.88 Å². The fraction of sp³-hybridized carbons (Fsp3) is 0.0769. The summed E-state index contributed by atoms with van der Waals surface area (Å²) in [6.45, 7) is 0. The van der Waals surface area contributed by atoms with E-state index in [0.717, 1.165) is 6.20 Å². The molecule has 0 spiro atoms. The highest BCUT2D eigenvalue weighted by atomic mass is 19.1. The molecule has 0 bridgehead atoms. The van der Waals surface area contributed by atoms with Gasteiger partial charge in [-0.1, -0.05) is 0 Å². The maximum atomic E-state index is 12.9. The van der Waals surface area contributed by atoms with Gasteiger partial charge in [-0.2, -0.15) is 5.10 Å². The lowest BCUT2D eigenvalue weighted by atomic mass is 10.3. The van der Waals surface area contributed by atoms with Crippen LogP contribution in [0.25, 0.3) is 17.2 Å². The third-order valence-corrected chi connectivity index (χ3v) is 2.68. The van der Waals surface area contributed by atoms with E-state index in [9.17, 15) is 4.39 Å². The van der Waals surface area contributed by atoms with Crippen molar-refractivity contribution in [3.63, 3.8) is 0 Å². The average molecular weight is 271 g/mol. The standard InChI is InChI=1S/C13H10FN5O/c1-20-12-5-3-10(7-16-12)19-13(17-8-18-19)11-4-2-9(14)6-15-11/h2-8H,1H3. The quantitative estimate of drug-likeness (QED) is 0.727. The number of nitrogens with zero attached hydrogens (tertiary/aromatic N) is 5. The first-order valence-corrected chi connectivity index (χ1v) is 5.80. The highest BCUT2D eigenvalue weighted by molar-refractivity contribution is 5.52. The SMILES string of the molecule is COc1ccc(-n2ncnc2-c2ccc(F)cn2)cn1. The van der Waals surface area contributed by atoms with E-state index in [1.54, 1.807) is 36.2 Å². The van der Waals surface area contributed by atoms with Gasteiger partial charge in [0.15, 0.2) is 5.82 Å². The van der Waals surface area contributed by atoms with E-state index in [1.165, 1.54) is 12.4 Å². The molecule has 0 aromatic carbocycles. The van der Waals surface area contributed by atoms with Gasteiger partial charge in [-0.15, -0.1) is 0 Å². The zero-order valence-electron chi connectivity index (χ0n) is 10.6. The summed E-state index contributed by atoms with van der Waals surface area (Å²) < 4.78 is 19.5. The van der Waals surface area contributed by atoms with E-state index >= 15 is 0 Å². The lowest BCUT2D eigenvalue weighted by molar-refractivity contribution is 0.397. The average Bonchev–Trinajstić information content (AvgIpc) is 2.97. The topological polar surface area (TPSA) is 65.7 Å². The Balaban J connectivity index is 2.02. The zero-order valence-corrected chi connectivity index (χ0v) is 10.6. The van der Waals surface area contributed by atoms with Gasteiger partial charge in [0.1, 0.15) is 17.8 Å². The summed E-state index contributed by atoms with van der Waals surface area (Å²) in [5, 5.41) is 4.13. The highest BCUT2D eigenvalue weighted by Gasteiger charge is 2.11. The fourth-order valence-electron chi connectivity index (χ4n) is 1.73. The predicted molar refractivity (Wildman–Crippen MR) is 68.9 cm³/mol. The van der Waals surface area contributed by atoms with E-state index in [4.69, 9.17) is 4.74 Å². The smallest absolute Gasteiger partial charge is 0.213 e. The lowest BCUT2D eigenvalue weighted by Gasteiger charge is -2.05. The number of aromatic nitrogens is 5. The molecule has 0 saturated carbocycles. The summed E-state index contributed by atoms with van der Waals surface area (Å²) in [6, 6.07) is 6.40. The van der Waals surface area contributed by atoms with Crippen molar-refractivity contribution < 1.29 is 9.13 Å². The Morgan fingerprint density at radius 3 is 2.60 bits per heavy atom. The Morgan fingerprint density at radius 1 is 1.05 bits per heavy atom. The normalized spacial score (nSPS) is 10.5. The van der Waals surface area contributed by atoms with Gasteiger partial charge in [0.2, 0.25) is 5.88 Å². The lowest BCUT2D eigenvalue weighted by Crippen LogP contribution is -2.01. The molecule has 3 heterocycles. The summed E-state index contributed by atoms with van der Waals surface area (Å²) in [4.78, 5) is 12.3. The largest absolute Gasteiger partial charge is 0.481 e. The Hall–Kier alpha value is -2.83. The highest BCUT2D eigenvalue weighted by Crippen LogP contribution is 2.18. The molecule has 0 aliphatic carbocycles. The van der Waals surface area contributed by atoms with Gasteiger partial charge in [-0.25, -0.2) is 24.0 Å². The minimum absolute atomic E-state index is 0.397. The molecule has 0 atom stereocenters. The van der Waals surface area contributed by atoms with Crippen LogP contribution in [-0.2, 0) is 0 Å². The molecule has 3 aromatic heterocycles. The van der Waals surface area contributed by atoms with Crippen LogP contribution < -0.4 is 4.74 Å². The molecular weight excluding hydrogens is 261 g/mol. The first kappa shape index (κ1) is 12.2. The molecule has 0 amide bonds. The summed E-state index contributed by atoms with van der Waals surface area (Å²) in [6.07, 6.45) is 4.16. The van der Waals surface area contributed by atoms with Crippen molar-refractivity contribution in [2.24, 2.45) is 0 Å². The third-order valence-electron chi connectivity index (χ3n) is 2.68. The Morgan fingerprint density at radius 2 is 1.95 bits per heavy atom. The molecule has 7 heteroatoms. The maximum Gasteiger partial charge on any atom is 0.213 e. The van der Waals surface area contributed by atoms with E-state index in [1.807, 2.05) is 0 Å². The van der Waals surface area contributed by atoms with Crippen molar-refractivity contribution in [3.8, 4) is 23.1 Å². The van der Waals surface area contributed by atoms with E-state index in [2.05, 4.69) is 20.1 Å². The molecule has 6 nitrogen and oxygen atoms in total. The van der Waals surface area contributed by atoms with E-state index in [-0.39, 0.29) is 0 Å². The summed E-state index contributed by atoms with van der Waals surface area (Å²) in [5.41, 5.74) is 1.24. The van der Waals surface area contributed by atoms with Crippen molar-refractivity contribution in [1.29, 1.82) is 0 Å². The molecule has 100 valence electrons. The predicted octanol–water partition coefficient (Wildman–Crippen LogP) is 1.87. The number of halogens is 1. The van der Waals surface area contributed by atoms with Crippen molar-refractivity contribution in [3.05, 3.63) is 48.8 Å². The van der Waals surface area contributed by atoms with Crippen LogP contribution >= 0.6 is 0 Å². The summed E-state index contributed by atoms with van der Waals surface area (Å²) in [7, 11) is 1.55. The van der Waals surface area contributed by atoms with Gasteiger partial charge in [0, 0.05) is 6.07 Å². The Bertz CT molecular complexity index is 708. The summed E-state index contributed by atoms with van der Waals surface area (Å²) in [5.74, 6) is 0.623. The maximum absolute atomic E-state index is 12.9. The molecule has 0 fully saturated rings. The van der Waals surface area contributed by atoms with E-state index < -0.39 is 5.82 Å². The van der Waals surface area contributed by atoms with Crippen molar-refractivity contribution >= 4 is 0 Å². The minimum Gasteiger partial charge on any atom is -0.481 e.